The Morgan fingerprint density at radius 2 is 2.00 bits per heavy atom. The predicted octanol–water partition coefficient (Wildman–Crippen LogP) is 2.43. The van der Waals surface area contributed by atoms with Crippen LogP contribution in [0.1, 0.15) is 57.8 Å². The van der Waals surface area contributed by atoms with Gasteiger partial charge in [-0.25, -0.2) is 0 Å². The first-order valence-corrected chi connectivity index (χ1v) is 6.78. The number of rotatable bonds is 4. The lowest BCUT2D eigenvalue weighted by molar-refractivity contribution is 0.265. The molecule has 0 radical (unpaired) electrons. The van der Waals surface area contributed by atoms with E-state index in [4.69, 9.17) is 0 Å². The Balaban J connectivity index is 1.89. The Bertz CT molecular complexity index is 341. The summed E-state index contributed by atoms with van der Waals surface area (Å²) in [6.45, 7) is 4.48. The SMILES string of the molecule is CC(NC(C)C1CCCCC1)c1nncn1C. The molecule has 1 aliphatic rings. The van der Waals surface area contributed by atoms with E-state index < -0.39 is 0 Å². The van der Waals surface area contributed by atoms with Gasteiger partial charge in [-0.2, -0.15) is 0 Å². The first-order chi connectivity index (χ1) is 8.18. The Morgan fingerprint density at radius 3 is 2.59 bits per heavy atom. The molecule has 2 atom stereocenters. The smallest absolute Gasteiger partial charge is 0.149 e. The van der Waals surface area contributed by atoms with E-state index in [2.05, 4.69) is 29.4 Å². The minimum absolute atomic E-state index is 0.277. The van der Waals surface area contributed by atoms with Crippen LogP contribution in [0.15, 0.2) is 6.33 Å². The van der Waals surface area contributed by atoms with Crippen LogP contribution in [0.2, 0.25) is 0 Å². The summed E-state index contributed by atoms with van der Waals surface area (Å²) in [5.41, 5.74) is 0. The lowest BCUT2D eigenvalue weighted by atomic mass is 9.84. The fraction of sp³-hybridized carbons (Fsp3) is 0.846. The van der Waals surface area contributed by atoms with Gasteiger partial charge in [-0.1, -0.05) is 19.3 Å². The molecule has 1 aromatic rings. The van der Waals surface area contributed by atoms with Gasteiger partial charge in [-0.15, -0.1) is 10.2 Å². The van der Waals surface area contributed by atoms with Crippen molar-refractivity contribution in [1.29, 1.82) is 0 Å². The standard InChI is InChI=1S/C13H24N4/c1-10(12-7-5-4-6-8-12)15-11(2)13-16-14-9-17(13)3/h9-12,15H,4-8H2,1-3H3. The second kappa shape index (κ2) is 5.63. The highest BCUT2D eigenvalue weighted by Crippen LogP contribution is 2.27. The van der Waals surface area contributed by atoms with Gasteiger partial charge in [-0.3, -0.25) is 0 Å². The van der Waals surface area contributed by atoms with Crippen molar-refractivity contribution in [3.8, 4) is 0 Å². The van der Waals surface area contributed by atoms with Gasteiger partial charge in [0.05, 0.1) is 6.04 Å². The minimum atomic E-state index is 0.277. The third-order valence-electron chi connectivity index (χ3n) is 4.00. The molecular weight excluding hydrogens is 212 g/mol. The maximum Gasteiger partial charge on any atom is 0.149 e. The van der Waals surface area contributed by atoms with Crippen LogP contribution < -0.4 is 5.32 Å². The molecule has 0 spiro atoms. The number of hydrogen-bond donors (Lipinski definition) is 1. The van der Waals surface area contributed by atoms with Crippen LogP contribution in [-0.4, -0.2) is 20.8 Å². The predicted molar refractivity (Wildman–Crippen MR) is 68.6 cm³/mol. The van der Waals surface area contributed by atoms with Crippen LogP contribution in [0, 0.1) is 5.92 Å². The maximum absolute atomic E-state index is 4.16. The first kappa shape index (κ1) is 12.6. The monoisotopic (exact) mass is 236 g/mol. The van der Waals surface area contributed by atoms with Gasteiger partial charge in [0.15, 0.2) is 0 Å². The Kier molecular flexibility index (Phi) is 4.15. The van der Waals surface area contributed by atoms with Crippen molar-refractivity contribution in [1.82, 2.24) is 20.1 Å². The van der Waals surface area contributed by atoms with E-state index in [0.29, 0.717) is 6.04 Å². The number of nitrogens with one attached hydrogen (secondary N) is 1. The van der Waals surface area contributed by atoms with Gasteiger partial charge in [0, 0.05) is 13.1 Å². The van der Waals surface area contributed by atoms with Crippen molar-refractivity contribution < 1.29 is 0 Å². The molecule has 0 bridgehead atoms. The number of aryl methyl sites for hydroxylation is 1. The zero-order valence-corrected chi connectivity index (χ0v) is 11.2. The van der Waals surface area contributed by atoms with E-state index in [1.807, 2.05) is 11.6 Å². The van der Waals surface area contributed by atoms with E-state index in [9.17, 15) is 0 Å². The van der Waals surface area contributed by atoms with Crippen LogP contribution in [0.25, 0.3) is 0 Å². The maximum atomic E-state index is 4.16. The van der Waals surface area contributed by atoms with E-state index in [1.54, 1.807) is 6.33 Å². The molecule has 1 aromatic heterocycles. The van der Waals surface area contributed by atoms with Gasteiger partial charge in [0.2, 0.25) is 0 Å². The quantitative estimate of drug-likeness (QED) is 0.873. The second-order valence-corrected chi connectivity index (χ2v) is 5.38. The van der Waals surface area contributed by atoms with Crippen LogP contribution in [0.5, 0.6) is 0 Å². The molecule has 1 heterocycles. The molecule has 4 nitrogen and oxygen atoms in total. The van der Waals surface area contributed by atoms with Crippen LogP contribution >= 0.6 is 0 Å². The van der Waals surface area contributed by atoms with E-state index >= 15 is 0 Å². The van der Waals surface area contributed by atoms with Gasteiger partial charge < -0.3 is 9.88 Å². The Morgan fingerprint density at radius 1 is 1.29 bits per heavy atom. The number of aromatic nitrogens is 3. The summed E-state index contributed by atoms with van der Waals surface area (Å²) in [6.07, 6.45) is 8.73. The fourth-order valence-electron chi connectivity index (χ4n) is 2.92. The number of hydrogen-bond acceptors (Lipinski definition) is 3. The Labute approximate surface area is 104 Å². The summed E-state index contributed by atoms with van der Waals surface area (Å²) in [6, 6.07) is 0.849. The highest BCUT2D eigenvalue weighted by atomic mass is 15.3. The summed E-state index contributed by atoms with van der Waals surface area (Å²) in [7, 11) is 2.00. The average molecular weight is 236 g/mol. The summed E-state index contributed by atoms with van der Waals surface area (Å²) >= 11 is 0. The Hall–Kier alpha value is -0.900. The zero-order chi connectivity index (χ0) is 12.3. The van der Waals surface area contributed by atoms with E-state index in [0.717, 1.165) is 11.7 Å². The summed E-state index contributed by atoms with van der Waals surface area (Å²) < 4.78 is 1.99. The molecular formula is C13H24N4. The van der Waals surface area contributed by atoms with E-state index in [1.165, 1.54) is 32.1 Å². The fourth-order valence-corrected chi connectivity index (χ4v) is 2.92. The van der Waals surface area contributed by atoms with Gasteiger partial charge in [0.25, 0.3) is 0 Å². The van der Waals surface area contributed by atoms with Gasteiger partial charge in [-0.05, 0) is 32.6 Å². The van der Waals surface area contributed by atoms with Crippen molar-refractivity contribution in [2.75, 3.05) is 0 Å². The molecule has 1 saturated carbocycles. The molecule has 2 rings (SSSR count). The average Bonchev–Trinajstić information content (AvgIpc) is 2.76. The molecule has 1 aliphatic carbocycles. The zero-order valence-electron chi connectivity index (χ0n) is 11.2. The lowest BCUT2D eigenvalue weighted by Crippen LogP contribution is -2.37. The summed E-state index contributed by atoms with van der Waals surface area (Å²) in [4.78, 5) is 0. The van der Waals surface area contributed by atoms with Crippen molar-refractivity contribution in [2.45, 2.75) is 58.0 Å². The van der Waals surface area contributed by atoms with Crippen molar-refractivity contribution in [3.63, 3.8) is 0 Å². The first-order valence-electron chi connectivity index (χ1n) is 6.78. The molecule has 0 amide bonds. The van der Waals surface area contributed by atoms with Gasteiger partial charge >= 0.3 is 0 Å². The molecule has 96 valence electrons. The molecule has 1 N–H and O–H groups in total. The molecule has 0 aromatic carbocycles. The van der Waals surface area contributed by atoms with Crippen LogP contribution in [0.4, 0.5) is 0 Å². The molecule has 1 fully saturated rings. The molecule has 0 saturated heterocycles. The molecule has 17 heavy (non-hydrogen) atoms. The highest BCUT2D eigenvalue weighted by molar-refractivity contribution is 4.93. The third-order valence-corrected chi connectivity index (χ3v) is 4.00. The topological polar surface area (TPSA) is 42.7 Å². The largest absolute Gasteiger partial charge is 0.319 e. The summed E-state index contributed by atoms with van der Waals surface area (Å²) in [5, 5.41) is 11.8. The van der Waals surface area contributed by atoms with Crippen molar-refractivity contribution in [2.24, 2.45) is 13.0 Å². The van der Waals surface area contributed by atoms with Crippen LogP contribution in [0.3, 0.4) is 0 Å². The van der Waals surface area contributed by atoms with E-state index in [-0.39, 0.29) is 6.04 Å². The normalized spacial score (nSPS) is 21.4. The van der Waals surface area contributed by atoms with Crippen molar-refractivity contribution in [3.05, 3.63) is 12.2 Å². The minimum Gasteiger partial charge on any atom is -0.319 e. The second-order valence-electron chi connectivity index (χ2n) is 5.38. The molecule has 4 heteroatoms. The molecule has 2 unspecified atom stereocenters. The highest BCUT2D eigenvalue weighted by Gasteiger charge is 2.22. The van der Waals surface area contributed by atoms with Gasteiger partial charge in [0.1, 0.15) is 12.2 Å². The summed E-state index contributed by atoms with van der Waals surface area (Å²) in [5.74, 6) is 1.85. The lowest BCUT2D eigenvalue weighted by Gasteiger charge is -2.30. The van der Waals surface area contributed by atoms with Crippen molar-refractivity contribution >= 4 is 0 Å². The number of nitrogens with zero attached hydrogens (tertiary/aromatic N) is 3. The molecule has 0 aliphatic heterocycles. The third kappa shape index (κ3) is 3.06. The van der Waals surface area contributed by atoms with Crippen LogP contribution in [-0.2, 0) is 7.05 Å².